The van der Waals surface area contributed by atoms with Crippen LogP contribution in [0.4, 0.5) is 4.79 Å². The zero-order valence-corrected chi connectivity index (χ0v) is 13.8. The van der Waals surface area contributed by atoms with Gasteiger partial charge in [0.2, 0.25) is 0 Å². The lowest BCUT2D eigenvalue weighted by molar-refractivity contribution is -0.144. The molecular formula is C16H21ClN2O4. The zero-order chi connectivity index (χ0) is 16.8. The molecule has 0 saturated carbocycles. The van der Waals surface area contributed by atoms with Gasteiger partial charge < -0.3 is 14.7 Å². The van der Waals surface area contributed by atoms with Gasteiger partial charge in [-0.15, -0.1) is 0 Å². The van der Waals surface area contributed by atoms with E-state index in [-0.39, 0.29) is 12.5 Å². The minimum absolute atomic E-state index is 0.134. The topological polar surface area (TPSA) is 79.7 Å². The van der Waals surface area contributed by atoms with Crippen LogP contribution in [0.1, 0.15) is 37.8 Å². The molecule has 1 aromatic rings. The second-order valence-corrected chi connectivity index (χ2v) is 6.09. The first kappa shape index (κ1) is 17.5. The number of ether oxygens (including phenoxy) is 1. The van der Waals surface area contributed by atoms with Crippen molar-refractivity contribution in [1.82, 2.24) is 9.88 Å². The average molecular weight is 341 g/mol. The number of rotatable bonds is 5. The normalized spacial score (nSPS) is 21.0. The van der Waals surface area contributed by atoms with Crippen LogP contribution in [-0.4, -0.2) is 46.7 Å². The van der Waals surface area contributed by atoms with Gasteiger partial charge in [-0.1, -0.05) is 24.9 Å². The van der Waals surface area contributed by atoms with Crippen LogP contribution in [0.3, 0.4) is 0 Å². The van der Waals surface area contributed by atoms with Crippen molar-refractivity contribution in [2.24, 2.45) is 5.92 Å². The van der Waals surface area contributed by atoms with E-state index in [1.54, 1.807) is 12.1 Å². The lowest BCUT2D eigenvalue weighted by Crippen LogP contribution is -2.46. The van der Waals surface area contributed by atoms with Gasteiger partial charge in [0.15, 0.2) is 0 Å². The first-order valence-corrected chi connectivity index (χ1v) is 8.16. The van der Waals surface area contributed by atoms with E-state index in [1.165, 1.54) is 11.1 Å². The molecule has 6 nitrogen and oxygen atoms in total. The minimum atomic E-state index is -0.933. The Morgan fingerprint density at radius 2 is 2.26 bits per heavy atom. The fourth-order valence-electron chi connectivity index (χ4n) is 2.72. The van der Waals surface area contributed by atoms with Crippen molar-refractivity contribution >= 4 is 23.7 Å². The smallest absolute Gasteiger partial charge is 0.409 e. The highest BCUT2D eigenvalue weighted by Gasteiger charge is 2.38. The maximum atomic E-state index is 12.0. The van der Waals surface area contributed by atoms with Crippen molar-refractivity contribution in [2.45, 2.75) is 32.1 Å². The molecule has 1 fully saturated rings. The van der Waals surface area contributed by atoms with Crippen LogP contribution in [0, 0.1) is 5.92 Å². The number of aromatic nitrogens is 1. The fourth-order valence-corrected chi connectivity index (χ4v) is 2.84. The molecule has 1 saturated heterocycles. The number of halogens is 1. The van der Waals surface area contributed by atoms with E-state index in [0.29, 0.717) is 30.3 Å². The quantitative estimate of drug-likeness (QED) is 0.833. The number of carbonyl (C=O) groups is 2. The van der Waals surface area contributed by atoms with E-state index in [2.05, 4.69) is 4.98 Å². The lowest BCUT2D eigenvalue weighted by Gasteiger charge is -2.35. The summed E-state index contributed by atoms with van der Waals surface area (Å²) in [5.74, 6) is -1.86. The largest absolute Gasteiger partial charge is 0.481 e. The highest BCUT2D eigenvalue weighted by atomic mass is 35.5. The summed E-state index contributed by atoms with van der Waals surface area (Å²) in [6.45, 7) is 2.98. The molecule has 2 atom stereocenters. The monoisotopic (exact) mass is 340 g/mol. The van der Waals surface area contributed by atoms with Crippen molar-refractivity contribution < 1.29 is 19.4 Å². The summed E-state index contributed by atoms with van der Waals surface area (Å²) in [6, 6.07) is 3.45. The summed E-state index contributed by atoms with van der Waals surface area (Å²) >= 11 is 5.83. The van der Waals surface area contributed by atoms with E-state index in [4.69, 9.17) is 16.3 Å². The summed E-state index contributed by atoms with van der Waals surface area (Å²) in [7, 11) is 0. The van der Waals surface area contributed by atoms with Gasteiger partial charge in [0, 0.05) is 30.9 Å². The molecule has 1 aromatic heterocycles. The van der Waals surface area contributed by atoms with Crippen LogP contribution in [-0.2, 0) is 9.53 Å². The second kappa shape index (κ2) is 8.15. The van der Waals surface area contributed by atoms with E-state index in [1.807, 2.05) is 6.92 Å². The molecule has 0 spiro atoms. The Balaban J connectivity index is 2.04. The van der Waals surface area contributed by atoms with Crippen molar-refractivity contribution in [3.63, 3.8) is 0 Å². The van der Waals surface area contributed by atoms with Gasteiger partial charge in [0.25, 0.3) is 0 Å². The number of carboxylic acids is 1. The second-order valence-electron chi connectivity index (χ2n) is 5.66. The molecule has 2 heterocycles. The highest BCUT2D eigenvalue weighted by molar-refractivity contribution is 6.30. The number of hydrogen-bond donors (Lipinski definition) is 1. The Morgan fingerprint density at radius 3 is 2.87 bits per heavy atom. The molecule has 1 aliphatic heterocycles. The summed E-state index contributed by atoms with van der Waals surface area (Å²) in [5, 5.41) is 10.0. The van der Waals surface area contributed by atoms with Gasteiger partial charge in [0.1, 0.15) is 0 Å². The number of nitrogens with zero attached hydrogens (tertiary/aromatic N) is 2. The maximum absolute atomic E-state index is 12.0. The highest BCUT2D eigenvalue weighted by Crippen LogP contribution is 2.32. The Kier molecular flexibility index (Phi) is 6.21. The molecule has 7 heteroatoms. The fraction of sp³-hybridized carbons (Fsp3) is 0.562. The predicted octanol–water partition coefficient (Wildman–Crippen LogP) is 3.16. The molecule has 0 aromatic carbocycles. The Morgan fingerprint density at radius 1 is 1.48 bits per heavy atom. The van der Waals surface area contributed by atoms with Crippen LogP contribution in [0.25, 0.3) is 0 Å². The SMILES string of the molecule is CCCCOC(=O)N1CC[C@H](c2ccc(Cl)cn2)[C@@H](C(=O)O)C1. The number of aliphatic carboxylic acids is 1. The molecule has 0 aliphatic carbocycles. The molecule has 0 bridgehead atoms. The summed E-state index contributed by atoms with van der Waals surface area (Å²) in [4.78, 5) is 29.3. The molecule has 126 valence electrons. The van der Waals surface area contributed by atoms with Crippen molar-refractivity contribution in [3.8, 4) is 0 Å². The van der Waals surface area contributed by atoms with Crippen molar-refractivity contribution in [2.75, 3.05) is 19.7 Å². The number of amides is 1. The first-order chi connectivity index (χ1) is 11.0. The van der Waals surface area contributed by atoms with E-state index >= 15 is 0 Å². The van der Waals surface area contributed by atoms with Gasteiger partial charge in [-0.2, -0.15) is 0 Å². The number of carbonyl (C=O) groups excluding carboxylic acids is 1. The number of carboxylic acid groups (broad SMARTS) is 1. The third kappa shape index (κ3) is 4.58. The number of hydrogen-bond acceptors (Lipinski definition) is 4. The number of likely N-dealkylation sites (tertiary alicyclic amines) is 1. The molecule has 0 radical (unpaired) electrons. The maximum Gasteiger partial charge on any atom is 0.409 e. The Bertz CT molecular complexity index is 550. The average Bonchev–Trinajstić information content (AvgIpc) is 2.55. The van der Waals surface area contributed by atoms with Gasteiger partial charge in [-0.05, 0) is 25.0 Å². The van der Waals surface area contributed by atoms with Crippen LogP contribution >= 0.6 is 11.6 Å². The standard InChI is InChI=1S/C16H21ClN2O4/c1-2-3-8-23-16(22)19-7-6-12(13(10-19)15(20)21)14-5-4-11(17)9-18-14/h4-5,9,12-13H,2-3,6-8,10H2,1H3,(H,20,21)/t12-,13-/m0/s1. The minimum Gasteiger partial charge on any atom is -0.481 e. The summed E-state index contributed by atoms with van der Waals surface area (Å²) in [6.07, 6.45) is 3.36. The first-order valence-electron chi connectivity index (χ1n) is 7.79. The van der Waals surface area contributed by atoms with Crippen LogP contribution in [0.2, 0.25) is 5.02 Å². The molecule has 0 unspecified atom stereocenters. The molecule has 1 amide bonds. The molecule has 2 rings (SSSR count). The van der Waals surface area contributed by atoms with Crippen molar-refractivity contribution in [3.05, 3.63) is 29.0 Å². The van der Waals surface area contributed by atoms with Crippen molar-refractivity contribution in [1.29, 1.82) is 0 Å². The van der Waals surface area contributed by atoms with E-state index < -0.39 is 18.0 Å². The number of piperidine rings is 1. The predicted molar refractivity (Wildman–Crippen MR) is 85.6 cm³/mol. The summed E-state index contributed by atoms with van der Waals surface area (Å²) in [5.41, 5.74) is 0.695. The zero-order valence-electron chi connectivity index (χ0n) is 13.1. The number of pyridine rings is 1. The van der Waals surface area contributed by atoms with Gasteiger partial charge in [-0.25, -0.2) is 4.79 Å². The third-order valence-corrected chi connectivity index (χ3v) is 4.27. The lowest BCUT2D eigenvalue weighted by atomic mass is 9.83. The Labute approximate surface area is 140 Å². The molecule has 1 N–H and O–H groups in total. The number of unbranched alkanes of at least 4 members (excludes halogenated alkanes) is 1. The van der Waals surface area contributed by atoms with Crippen LogP contribution in [0.5, 0.6) is 0 Å². The van der Waals surface area contributed by atoms with Crippen LogP contribution < -0.4 is 0 Å². The van der Waals surface area contributed by atoms with E-state index in [0.717, 1.165) is 12.8 Å². The van der Waals surface area contributed by atoms with Crippen LogP contribution in [0.15, 0.2) is 18.3 Å². The Hall–Kier alpha value is -1.82. The third-order valence-electron chi connectivity index (χ3n) is 4.04. The molecule has 23 heavy (non-hydrogen) atoms. The van der Waals surface area contributed by atoms with E-state index in [9.17, 15) is 14.7 Å². The molecule has 1 aliphatic rings. The summed E-state index contributed by atoms with van der Waals surface area (Å²) < 4.78 is 5.17. The van der Waals surface area contributed by atoms with Gasteiger partial charge in [-0.3, -0.25) is 9.78 Å². The molecular weight excluding hydrogens is 320 g/mol. The van der Waals surface area contributed by atoms with Gasteiger partial charge >= 0.3 is 12.1 Å². The van der Waals surface area contributed by atoms with Gasteiger partial charge in [0.05, 0.1) is 17.5 Å².